The zero-order chi connectivity index (χ0) is 15.0. The van der Waals surface area contributed by atoms with Crippen molar-refractivity contribution in [1.82, 2.24) is 15.2 Å². The summed E-state index contributed by atoms with van der Waals surface area (Å²) in [6.07, 6.45) is 0.500. The highest BCUT2D eigenvalue weighted by Crippen LogP contribution is 2.20. The summed E-state index contributed by atoms with van der Waals surface area (Å²) in [5.74, 6) is 0.743. The summed E-state index contributed by atoms with van der Waals surface area (Å²) in [6.45, 7) is 2.89. The second kappa shape index (κ2) is 8.86. The van der Waals surface area contributed by atoms with Gasteiger partial charge in [0.15, 0.2) is 5.96 Å². The fourth-order valence-corrected chi connectivity index (χ4v) is 2.49. The minimum atomic E-state index is -0.321. The van der Waals surface area contributed by atoms with E-state index in [1.807, 2.05) is 24.3 Å². The fourth-order valence-electron chi connectivity index (χ4n) is 1.65. The van der Waals surface area contributed by atoms with Gasteiger partial charge < -0.3 is 15.0 Å². The van der Waals surface area contributed by atoms with Crippen LogP contribution in [0.5, 0.6) is 0 Å². The monoisotopic (exact) mass is 302 g/mol. The van der Waals surface area contributed by atoms with E-state index in [4.69, 9.17) is 4.74 Å². The number of methoxy groups -OCH3 is 1. The van der Waals surface area contributed by atoms with Crippen LogP contribution in [0.25, 0.3) is 0 Å². The van der Waals surface area contributed by atoms with E-state index < -0.39 is 0 Å². The molecule has 7 heteroatoms. The number of thiazole rings is 1. The van der Waals surface area contributed by atoms with Crippen LogP contribution in [0.4, 0.5) is 4.39 Å². The molecule has 0 aromatic carbocycles. The highest BCUT2D eigenvalue weighted by molar-refractivity contribution is 7.09. The van der Waals surface area contributed by atoms with Crippen molar-refractivity contribution in [2.45, 2.75) is 26.0 Å². The van der Waals surface area contributed by atoms with Gasteiger partial charge in [0.05, 0.1) is 18.9 Å². The van der Waals surface area contributed by atoms with E-state index in [0.717, 1.165) is 16.7 Å². The third kappa shape index (κ3) is 5.05. The first-order chi connectivity index (χ1) is 9.62. The number of ether oxygens (including phenoxy) is 1. The molecule has 1 aromatic heterocycles. The molecule has 1 aromatic rings. The second-order valence-electron chi connectivity index (χ2n) is 4.43. The molecule has 0 saturated carbocycles. The van der Waals surface area contributed by atoms with Crippen molar-refractivity contribution in [1.29, 1.82) is 0 Å². The molecule has 1 unspecified atom stereocenters. The highest BCUT2D eigenvalue weighted by Gasteiger charge is 2.12. The molecule has 0 saturated heterocycles. The van der Waals surface area contributed by atoms with Gasteiger partial charge >= 0.3 is 0 Å². The lowest BCUT2D eigenvalue weighted by Crippen LogP contribution is -2.39. The average molecular weight is 302 g/mol. The molecule has 114 valence electrons. The Bertz CT molecular complexity index is 424. The van der Waals surface area contributed by atoms with Crippen molar-refractivity contribution in [3.63, 3.8) is 0 Å². The predicted octanol–water partition coefficient (Wildman–Crippen LogP) is 2.22. The number of rotatable bonds is 7. The first-order valence-corrected chi connectivity index (χ1v) is 7.45. The number of aromatic nitrogens is 1. The van der Waals surface area contributed by atoms with E-state index in [-0.39, 0.29) is 12.8 Å². The van der Waals surface area contributed by atoms with Crippen LogP contribution in [-0.2, 0) is 11.3 Å². The zero-order valence-corrected chi connectivity index (χ0v) is 13.3. The number of nitrogens with one attached hydrogen (secondary N) is 1. The molecule has 1 N–H and O–H groups in total. The van der Waals surface area contributed by atoms with Gasteiger partial charge in [0.1, 0.15) is 11.1 Å². The molecule has 0 spiro atoms. The molecule has 0 fully saturated rings. The largest absolute Gasteiger partial charge is 0.375 e. The zero-order valence-electron chi connectivity index (χ0n) is 12.5. The summed E-state index contributed by atoms with van der Waals surface area (Å²) in [5.41, 5.74) is 0.977. The predicted molar refractivity (Wildman–Crippen MR) is 81.0 cm³/mol. The van der Waals surface area contributed by atoms with E-state index in [9.17, 15) is 4.39 Å². The van der Waals surface area contributed by atoms with Gasteiger partial charge in [-0.1, -0.05) is 0 Å². The van der Waals surface area contributed by atoms with Gasteiger partial charge in [-0.05, 0) is 13.3 Å². The summed E-state index contributed by atoms with van der Waals surface area (Å²) >= 11 is 1.59. The summed E-state index contributed by atoms with van der Waals surface area (Å²) in [5, 5.41) is 6.11. The average Bonchev–Trinajstić information content (AvgIpc) is 2.91. The maximum atomic E-state index is 12.1. The van der Waals surface area contributed by atoms with Crippen molar-refractivity contribution >= 4 is 17.3 Å². The van der Waals surface area contributed by atoms with Crippen LogP contribution in [0.1, 0.15) is 30.2 Å². The minimum Gasteiger partial charge on any atom is -0.375 e. The first-order valence-electron chi connectivity index (χ1n) is 6.57. The quantitative estimate of drug-likeness (QED) is 0.477. The smallest absolute Gasteiger partial charge is 0.193 e. The Morgan fingerprint density at radius 3 is 3.00 bits per heavy atom. The SMILES string of the molecule is CN=C(NCCCF)N(C)Cc1csc(C(C)OC)n1. The Hall–Kier alpha value is -1.21. The number of aliphatic imine (C=N–C) groups is 1. The second-order valence-corrected chi connectivity index (χ2v) is 5.32. The summed E-state index contributed by atoms with van der Waals surface area (Å²) < 4.78 is 17.3. The lowest BCUT2D eigenvalue weighted by molar-refractivity contribution is 0.119. The molecule has 0 radical (unpaired) electrons. The molecule has 1 heterocycles. The molecule has 0 amide bonds. The molecule has 20 heavy (non-hydrogen) atoms. The van der Waals surface area contributed by atoms with E-state index >= 15 is 0 Å². The number of hydrogen-bond acceptors (Lipinski definition) is 4. The lowest BCUT2D eigenvalue weighted by Gasteiger charge is -2.21. The number of guanidine groups is 1. The fraction of sp³-hybridized carbons (Fsp3) is 0.692. The molecule has 5 nitrogen and oxygen atoms in total. The summed E-state index contributed by atoms with van der Waals surface area (Å²) in [7, 11) is 5.33. The van der Waals surface area contributed by atoms with Crippen LogP contribution < -0.4 is 5.32 Å². The molecule has 1 rings (SSSR count). The van der Waals surface area contributed by atoms with Crippen LogP contribution >= 0.6 is 11.3 Å². The number of halogens is 1. The van der Waals surface area contributed by atoms with E-state index in [1.165, 1.54) is 0 Å². The molecular formula is C13H23FN4OS. The van der Waals surface area contributed by atoms with Crippen molar-refractivity contribution in [2.75, 3.05) is 34.4 Å². The molecule has 1 atom stereocenters. The van der Waals surface area contributed by atoms with Crippen molar-refractivity contribution in [3.8, 4) is 0 Å². The Balaban J connectivity index is 2.55. The summed E-state index contributed by atoms with van der Waals surface area (Å²) in [6, 6.07) is 0. The Labute approximate surface area is 123 Å². The highest BCUT2D eigenvalue weighted by atomic mass is 32.1. The van der Waals surface area contributed by atoms with Gasteiger partial charge in [-0.25, -0.2) is 4.98 Å². The van der Waals surface area contributed by atoms with Gasteiger partial charge in [0.25, 0.3) is 0 Å². The number of nitrogens with zero attached hydrogens (tertiary/aromatic N) is 3. The third-order valence-electron chi connectivity index (χ3n) is 2.84. The summed E-state index contributed by atoms with van der Waals surface area (Å²) in [4.78, 5) is 10.7. The maximum Gasteiger partial charge on any atom is 0.193 e. The van der Waals surface area contributed by atoms with Crippen LogP contribution in [0.3, 0.4) is 0 Å². The van der Waals surface area contributed by atoms with E-state index in [2.05, 4.69) is 15.3 Å². The standard InChI is InChI=1S/C13H23FN4OS/c1-10(19-4)12-17-11(9-20-12)8-18(3)13(15-2)16-7-5-6-14/h9-10H,5-8H2,1-4H3,(H,15,16). The Morgan fingerprint density at radius 2 is 2.40 bits per heavy atom. The van der Waals surface area contributed by atoms with Gasteiger partial charge in [0, 0.05) is 33.1 Å². The van der Waals surface area contributed by atoms with Gasteiger partial charge in [-0.2, -0.15) is 0 Å². The topological polar surface area (TPSA) is 49.8 Å². The van der Waals surface area contributed by atoms with E-state index in [0.29, 0.717) is 19.5 Å². The van der Waals surface area contributed by atoms with Crippen LogP contribution in [0, 0.1) is 0 Å². The van der Waals surface area contributed by atoms with Gasteiger partial charge in [-0.3, -0.25) is 9.38 Å². The van der Waals surface area contributed by atoms with Crippen LogP contribution in [0.2, 0.25) is 0 Å². The van der Waals surface area contributed by atoms with Crippen LogP contribution in [0.15, 0.2) is 10.4 Å². The molecule has 0 bridgehead atoms. The minimum absolute atomic E-state index is 0.0149. The number of hydrogen-bond donors (Lipinski definition) is 1. The number of alkyl halides is 1. The maximum absolute atomic E-state index is 12.1. The molecule has 0 aliphatic rings. The molecule has 0 aliphatic heterocycles. The Kier molecular flexibility index (Phi) is 7.46. The first kappa shape index (κ1) is 16.8. The Morgan fingerprint density at radius 1 is 1.65 bits per heavy atom. The van der Waals surface area contributed by atoms with Crippen LogP contribution in [-0.4, -0.2) is 50.3 Å². The van der Waals surface area contributed by atoms with Crippen molar-refractivity contribution in [3.05, 3.63) is 16.1 Å². The normalized spacial score (nSPS) is 13.3. The van der Waals surface area contributed by atoms with E-state index in [1.54, 1.807) is 25.5 Å². The van der Waals surface area contributed by atoms with Crippen molar-refractivity contribution < 1.29 is 9.13 Å². The van der Waals surface area contributed by atoms with Gasteiger partial charge in [-0.15, -0.1) is 11.3 Å². The van der Waals surface area contributed by atoms with Crippen molar-refractivity contribution in [2.24, 2.45) is 4.99 Å². The molecule has 0 aliphatic carbocycles. The third-order valence-corrected chi connectivity index (χ3v) is 3.89. The lowest BCUT2D eigenvalue weighted by atomic mass is 10.4. The molecular weight excluding hydrogens is 279 g/mol. The van der Waals surface area contributed by atoms with Gasteiger partial charge in [0.2, 0.25) is 0 Å².